The van der Waals surface area contributed by atoms with Crippen LogP contribution in [0, 0.1) is 5.82 Å². The Bertz CT molecular complexity index is 496. The van der Waals surface area contributed by atoms with E-state index >= 15 is 0 Å². The fourth-order valence-corrected chi connectivity index (χ4v) is 2.58. The van der Waals surface area contributed by atoms with Crippen LogP contribution in [0.4, 0.5) is 4.39 Å². The predicted molar refractivity (Wildman–Crippen MR) is 85.0 cm³/mol. The number of nitrogens with two attached hydrogens (primary N) is 1. The highest BCUT2D eigenvalue weighted by Crippen LogP contribution is 2.18. The predicted octanol–water partition coefficient (Wildman–Crippen LogP) is 2.18. The number of halogens is 3. The highest BCUT2D eigenvalue weighted by atomic mass is 79.9. The third kappa shape index (κ3) is 4.92. The van der Waals surface area contributed by atoms with E-state index in [2.05, 4.69) is 21.2 Å². The summed E-state index contributed by atoms with van der Waals surface area (Å²) >= 11 is 3.14. The molecule has 0 bridgehead atoms. The van der Waals surface area contributed by atoms with E-state index in [-0.39, 0.29) is 24.1 Å². The summed E-state index contributed by atoms with van der Waals surface area (Å²) in [7, 11) is 0. The normalized spacial score (nSPS) is 16.9. The molecule has 3 N–H and O–H groups in total. The van der Waals surface area contributed by atoms with E-state index in [0.717, 1.165) is 5.56 Å². The van der Waals surface area contributed by atoms with Gasteiger partial charge in [-0.15, -0.1) is 12.4 Å². The molecule has 0 aliphatic carbocycles. The van der Waals surface area contributed by atoms with Crippen molar-refractivity contribution in [1.29, 1.82) is 0 Å². The number of hydrogen-bond acceptors (Lipinski definition) is 3. The van der Waals surface area contributed by atoms with Gasteiger partial charge < -0.3 is 15.8 Å². The van der Waals surface area contributed by atoms with Gasteiger partial charge in [-0.2, -0.15) is 0 Å². The smallest absolute Gasteiger partial charge is 0.240 e. The van der Waals surface area contributed by atoms with Crippen molar-refractivity contribution in [2.75, 3.05) is 19.8 Å². The molecule has 1 amide bonds. The minimum Gasteiger partial charge on any atom is -0.381 e. The summed E-state index contributed by atoms with van der Waals surface area (Å²) in [5, 5.41) is 2.85. The standard InChI is InChI=1S/C14H18BrFN2O2.ClH/c15-11-9-10(1-2-12(11)16)3-6-18-13(19)14(17)4-7-20-8-5-14;/h1-2,9H,3-8,17H2,(H,18,19);1H. The summed E-state index contributed by atoms with van der Waals surface area (Å²) in [6.45, 7) is 1.53. The number of carbonyl (C=O) groups excluding carboxylic acids is 1. The van der Waals surface area contributed by atoms with Crippen molar-refractivity contribution < 1.29 is 13.9 Å². The highest BCUT2D eigenvalue weighted by molar-refractivity contribution is 9.10. The average Bonchev–Trinajstić information content (AvgIpc) is 2.43. The molecule has 2 rings (SSSR count). The van der Waals surface area contributed by atoms with Gasteiger partial charge in [-0.25, -0.2) is 4.39 Å². The van der Waals surface area contributed by atoms with E-state index in [4.69, 9.17) is 10.5 Å². The van der Waals surface area contributed by atoms with Gasteiger partial charge in [-0.3, -0.25) is 4.79 Å². The fraction of sp³-hybridized carbons (Fsp3) is 0.500. The zero-order valence-electron chi connectivity index (χ0n) is 11.5. The van der Waals surface area contributed by atoms with Crippen LogP contribution in [-0.4, -0.2) is 31.2 Å². The second kappa shape index (κ2) is 8.08. The van der Waals surface area contributed by atoms with Crippen LogP contribution in [0.15, 0.2) is 22.7 Å². The van der Waals surface area contributed by atoms with Crippen molar-refractivity contribution in [3.63, 3.8) is 0 Å². The minimum atomic E-state index is -0.818. The zero-order chi connectivity index (χ0) is 14.6. The first-order valence-electron chi connectivity index (χ1n) is 6.60. The molecule has 0 radical (unpaired) electrons. The van der Waals surface area contributed by atoms with Gasteiger partial charge in [-0.1, -0.05) is 6.07 Å². The second-order valence-corrected chi connectivity index (χ2v) is 5.88. The van der Waals surface area contributed by atoms with Crippen molar-refractivity contribution in [3.8, 4) is 0 Å². The van der Waals surface area contributed by atoms with Crippen molar-refractivity contribution in [1.82, 2.24) is 5.32 Å². The highest BCUT2D eigenvalue weighted by Gasteiger charge is 2.35. The molecule has 7 heteroatoms. The quantitative estimate of drug-likeness (QED) is 0.840. The minimum absolute atomic E-state index is 0. The second-order valence-electron chi connectivity index (χ2n) is 5.02. The Balaban J connectivity index is 0.00000220. The summed E-state index contributed by atoms with van der Waals surface area (Å²) in [5.41, 5.74) is 6.21. The molecule has 0 spiro atoms. The van der Waals surface area contributed by atoms with Crippen molar-refractivity contribution in [2.45, 2.75) is 24.8 Å². The number of benzene rings is 1. The van der Waals surface area contributed by atoms with Gasteiger partial charge in [0, 0.05) is 19.8 Å². The molecule has 21 heavy (non-hydrogen) atoms. The topological polar surface area (TPSA) is 64.4 Å². The molecule has 1 aromatic carbocycles. The lowest BCUT2D eigenvalue weighted by molar-refractivity contribution is -0.129. The van der Waals surface area contributed by atoms with Crippen LogP contribution in [-0.2, 0) is 16.0 Å². The van der Waals surface area contributed by atoms with Crippen LogP contribution < -0.4 is 11.1 Å². The molecule has 0 unspecified atom stereocenters. The largest absolute Gasteiger partial charge is 0.381 e. The van der Waals surface area contributed by atoms with Gasteiger partial charge in [0.1, 0.15) is 5.82 Å². The lowest BCUT2D eigenvalue weighted by Gasteiger charge is -2.31. The molecule has 1 aliphatic rings. The van der Waals surface area contributed by atoms with E-state index in [1.54, 1.807) is 12.1 Å². The summed E-state index contributed by atoms with van der Waals surface area (Å²) in [6.07, 6.45) is 1.72. The molecule has 118 valence electrons. The Morgan fingerprint density at radius 1 is 1.43 bits per heavy atom. The van der Waals surface area contributed by atoms with E-state index in [0.29, 0.717) is 43.5 Å². The Hall–Kier alpha value is -0.690. The van der Waals surface area contributed by atoms with Crippen molar-refractivity contribution in [2.24, 2.45) is 5.73 Å². The summed E-state index contributed by atoms with van der Waals surface area (Å²) in [5.74, 6) is -0.428. The van der Waals surface area contributed by atoms with Gasteiger partial charge in [0.2, 0.25) is 5.91 Å². The third-order valence-electron chi connectivity index (χ3n) is 3.52. The molecule has 0 atom stereocenters. The number of ether oxygens (including phenoxy) is 1. The molecule has 1 aromatic rings. The molecule has 0 aromatic heterocycles. The molecule has 1 heterocycles. The monoisotopic (exact) mass is 380 g/mol. The van der Waals surface area contributed by atoms with Crippen LogP contribution >= 0.6 is 28.3 Å². The van der Waals surface area contributed by atoms with Crippen LogP contribution in [0.5, 0.6) is 0 Å². The van der Waals surface area contributed by atoms with E-state index in [1.165, 1.54) is 6.07 Å². The van der Waals surface area contributed by atoms with Crippen LogP contribution in [0.25, 0.3) is 0 Å². The van der Waals surface area contributed by atoms with Crippen LogP contribution in [0.2, 0.25) is 0 Å². The van der Waals surface area contributed by atoms with Gasteiger partial charge in [0.15, 0.2) is 0 Å². The first kappa shape index (κ1) is 18.4. The van der Waals surface area contributed by atoms with Crippen LogP contribution in [0.1, 0.15) is 18.4 Å². The number of nitrogens with one attached hydrogen (secondary N) is 1. The first-order chi connectivity index (χ1) is 9.51. The fourth-order valence-electron chi connectivity index (χ4n) is 2.15. The van der Waals surface area contributed by atoms with Crippen molar-refractivity contribution in [3.05, 3.63) is 34.1 Å². The van der Waals surface area contributed by atoms with Crippen molar-refractivity contribution >= 4 is 34.2 Å². The third-order valence-corrected chi connectivity index (χ3v) is 4.13. The summed E-state index contributed by atoms with van der Waals surface area (Å²) in [6, 6.07) is 4.83. The Morgan fingerprint density at radius 2 is 2.10 bits per heavy atom. The first-order valence-corrected chi connectivity index (χ1v) is 7.39. The Labute approximate surface area is 138 Å². The molecular weight excluding hydrogens is 363 g/mol. The summed E-state index contributed by atoms with van der Waals surface area (Å²) in [4.78, 5) is 12.1. The number of rotatable bonds is 4. The van der Waals surface area contributed by atoms with E-state index in [1.807, 2.05) is 0 Å². The molecule has 1 aliphatic heterocycles. The maximum Gasteiger partial charge on any atom is 0.240 e. The SMILES string of the molecule is Cl.NC1(C(=O)NCCc2ccc(F)c(Br)c2)CCOCC1. The van der Waals surface area contributed by atoms with Gasteiger partial charge in [-0.05, 0) is 52.9 Å². The van der Waals surface area contributed by atoms with Gasteiger partial charge >= 0.3 is 0 Å². The number of hydrogen-bond donors (Lipinski definition) is 2. The van der Waals surface area contributed by atoms with Crippen LogP contribution in [0.3, 0.4) is 0 Å². The van der Waals surface area contributed by atoms with E-state index in [9.17, 15) is 9.18 Å². The number of amides is 1. The zero-order valence-corrected chi connectivity index (χ0v) is 13.9. The van der Waals surface area contributed by atoms with Gasteiger partial charge in [0.05, 0.1) is 10.0 Å². The lowest BCUT2D eigenvalue weighted by Crippen LogP contribution is -2.57. The number of carbonyl (C=O) groups is 1. The maximum absolute atomic E-state index is 13.1. The molecule has 0 saturated carbocycles. The Kier molecular flexibility index (Phi) is 7.06. The molecule has 1 saturated heterocycles. The van der Waals surface area contributed by atoms with Gasteiger partial charge in [0.25, 0.3) is 0 Å². The lowest BCUT2D eigenvalue weighted by atomic mass is 9.90. The molecule has 1 fully saturated rings. The Morgan fingerprint density at radius 3 is 2.71 bits per heavy atom. The maximum atomic E-state index is 13.1. The molecule has 4 nitrogen and oxygen atoms in total. The van der Waals surface area contributed by atoms with E-state index < -0.39 is 5.54 Å². The summed E-state index contributed by atoms with van der Waals surface area (Å²) < 4.78 is 18.7. The molecular formula is C14H19BrClFN2O2. The average molecular weight is 382 g/mol.